The highest BCUT2D eigenvalue weighted by molar-refractivity contribution is 8.00. The normalized spacial score (nSPS) is 14.1. The van der Waals surface area contributed by atoms with Crippen molar-refractivity contribution >= 4 is 39.9 Å². The number of anilines is 1. The van der Waals surface area contributed by atoms with E-state index >= 15 is 0 Å². The second-order valence-electron chi connectivity index (χ2n) is 5.92. The number of amides is 2. The third-order valence-electron chi connectivity index (χ3n) is 4.11. The first kappa shape index (κ1) is 18.0. The Labute approximate surface area is 154 Å². The highest BCUT2D eigenvalue weighted by Gasteiger charge is 2.26. The Balaban J connectivity index is 1.54. The van der Waals surface area contributed by atoms with E-state index in [0.717, 1.165) is 35.3 Å². The number of nitrogens with one attached hydrogen (secondary N) is 1. The number of aliphatic hydroxyl groups excluding tert-OH is 1. The molecule has 2 amide bonds. The zero-order valence-electron chi connectivity index (χ0n) is 13.7. The van der Waals surface area contributed by atoms with Crippen LogP contribution in [0.15, 0.2) is 30.3 Å². The Morgan fingerprint density at radius 1 is 1.28 bits per heavy atom. The van der Waals surface area contributed by atoms with Crippen molar-refractivity contribution in [3.63, 3.8) is 0 Å². The Bertz CT molecular complexity index is 774. The van der Waals surface area contributed by atoms with Gasteiger partial charge in [0, 0.05) is 10.6 Å². The molecule has 4 N–H and O–H groups in total. The van der Waals surface area contributed by atoms with Gasteiger partial charge in [-0.25, -0.2) is 0 Å². The molecule has 0 aliphatic heterocycles. The monoisotopic (exact) mass is 376 g/mol. The second kappa shape index (κ2) is 8.03. The van der Waals surface area contributed by atoms with Crippen LogP contribution in [0.4, 0.5) is 5.00 Å². The molecule has 1 aliphatic carbocycles. The number of thiophene rings is 1. The van der Waals surface area contributed by atoms with Crippen LogP contribution in [0.3, 0.4) is 0 Å². The van der Waals surface area contributed by atoms with Crippen LogP contribution in [0.25, 0.3) is 0 Å². The standard InChI is InChI=1S/C18H20N2O3S2/c19-17(23)16-12-7-4-8-14(12)25-18(16)20-15(22)10-24-9-13(21)11-5-2-1-3-6-11/h1-3,5-6,13,21H,4,7-10H2,(H2,19,23)(H,20,22). The van der Waals surface area contributed by atoms with Gasteiger partial charge in [-0.15, -0.1) is 23.1 Å². The molecule has 0 spiro atoms. The fourth-order valence-electron chi connectivity index (χ4n) is 2.95. The van der Waals surface area contributed by atoms with Crippen LogP contribution in [-0.4, -0.2) is 28.4 Å². The van der Waals surface area contributed by atoms with Crippen LogP contribution < -0.4 is 11.1 Å². The molecule has 0 radical (unpaired) electrons. The van der Waals surface area contributed by atoms with E-state index in [9.17, 15) is 14.7 Å². The number of hydrogen-bond donors (Lipinski definition) is 3. The first-order valence-electron chi connectivity index (χ1n) is 8.11. The molecule has 2 aromatic rings. The van der Waals surface area contributed by atoms with E-state index in [2.05, 4.69) is 5.32 Å². The third kappa shape index (κ3) is 4.23. The average molecular weight is 377 g/mol. The van der Waals surface area contributed by atoms with Crippen LogP contribution in [0, 0.1) is 0 Å². The summed E-state index contributed by atoms with van der Waals surface area (Å²) in [4.78, 5) is 25.0. The minimum absolute atomic E-state index is 0.187. The fourth-order valence-corrected chi connectivity index (χ4v) is 5.05. The molecule has 1 aromatic heterocycles. The largest absolute Gasteiger partial charge is 0.388 e. The summed E-state index contributed by atoms with van der Waals surface area (Å²) < 4.78 is 0. The molecule has 1 aliphatic rings. The van der Waals surface area contributed by atoms with Crippen molar-refractivity contribution in [2.45, 2.75) is 25.4 Å². The van der Waals surface area contributed by atoms with Crippen molar-refractivity contribution in [2.75, 3.05) is 16.8 Å². The Morgan fingerprint density at radius 3 is 2.76 bits per heavy atom. The number of carbonyl (C=O) groups is 2. The number of nitrogens with two attached hydrogens (primary N) is 1. The number of fused-ring (bicyclic) bond motifs is 1. The Morgan fingerprint density at radius 2 is 2.04 bits per heavy atom. The summed E-state index contributed by atoms with van der Waals surface area (Å²) in [6, 6.07) is 9.36. The number of primary amides is 1. The van der Waals surface area contributed by atoms with E-state index in [1.807, 2.05) is 30.3 Å². The zero-order chi connectivity index (χ0) is 17.8. The SMILES string of the molecule is NC(=O)c1c(NC(=O)CSCC(O)c2ccccc2)sc2c1CCC2. The lowest BCUT2D eigenvalue weighted by Crippen LogP contribution is -2.19. The van der Waals surface area contributed by atoms with Crippen molar-refractivity contribution in [3.05, 3.63) is 51.9 Å². The summed E-state index contributed by atoms with van der Waals surface area (Å²) in [6.45, 7) is 0. The summed E-state index contributed by atoms with van der Waals surface area (Å²) in [7, 11) is 0. The number of aryl methyl sites for hydroxylation is 1. The molecule has 7 heteroatoms. The molecular weight excluding hydrogens is 356 g/mol. The lowest BCUT2D eigenvalue weighted by Gasteiger charge is -2.10. The number of aliphatic hydroxyl groups is 1. The van der Waals surface area contributed by atoms with Gasteiger partial charge in [0.25, 0.3) is 5.91 Å². The lowest BCUT2D eigenvalue weighted by molar-refractivity contribution is -0.113. The van der Waals surface area contributed by atoms with E-state index in [1.54, 1.807) is 0 Å². The van der Waals surface area contributed by atoms with Crippen molar-refractivity contribution in [3.8, 4) is 0 Å². The minimum Gasteiger partial charge on any atom is -0.388 e. The quantitative estimate of drug-likeness (QED) is 0.693. The van der Waals surface area contributed by atoms with Gasteiger partial charge >= 0.3 is 0 Å². The van der Waals surface area contributed by atoms with E-state index in [4.69, 9.17) is 5.73 Å². The molecule has 1 unspecified atom stereocenters. The summed E-state index contributed by atoms with van der Waals surface area (Å²) in [5.41, 5.74) is 7.80. The van der Waals surface area contributed by atoms with Crippen LogP contribution in [0.5, 0.6) is 0 Å². The molecule has 1 aromatic carbocycles. The average Bonchev–Trinajstić information content (AvgIpc) is 3.15. The van der Waals surface area contributed by atoms with Gasteiger partial charge in [-0.3, -0.25) is 9.59 Å². The molecule has 25 heavy (non-hydrogen) atoms. The van der Waals surface area contributed by atoms with E-state index in [0.29, 0.717) is 16.3 Å². The van der Waals surface area contributed by atoms with Crippen molar-refractivity contribution in [1.29, 1.82) is 0 Å². The molecular formula is C18H20N2O3S2. The van der Waals surface area contributed by atoms with E-state index < -0.39 is 12.0 Å². The van der Waals surface area contributed by atoms with Gasteiger partial charge in [0.05, 0.1) is 17.4 Å². The van der Waals surface area contributed by atoms with Crippen molar-refractivity contribution < 1.29 is 14.7 Å². The predicted octanol–water partition coefficient (Wildman–Crippen LogP) is 2.74. The summed E-state index contributed by atoms with van der Waals surface area (Å²) in [5.74, 6) is -0.0272. The number of carbonyl (C=O) groups excluding carboxylic acids is 2. The van der Waals surface area contributed by atoms with Gasteiger partial charge in [-0.1, -0.05) is 30.3 Å². The molecule has 3 rings (SSSR count). The maximum atomic E-state index is 12.2. The molecule has 0 saturated carbocycles. The molecule has 1 heterocycles. The first-order chi connectivity index (χ1) is 12.1. The Kier molecular flexibility index (Phi) is 5.78. The third-order valence-corrected chi connectivity index (χ3v) is 6.34. The van der Waals surface area contributed by atoms with Crippen LogP contribution in [-0.2, 0) is 17.6 Å². The molecule has 0 fully saturated rings. The molecule has 1 atom stereocenters. The summed E-state index contributed by atoms with van der Waals surface area (Å²) in [6.07, 6.45) is 2.21. The predicted molar refractivity (Wildman–Crippen MR) is 102 cm³/mol. The topological polar surface area (TPSA) is 92.4 Å². The smallest absolute Gasteiger partial charge is 0.251 e. The lowest BCUT2D eigenvalue weighted by atomic mass is 10.1. The van der Waals surface area contributed by atoms with Crippen LogP contribution in [0.1, 0.15) is 38.9 Å². The van der Waals surface area contributed by atoms with E-state index in [1.165, 1.54) is 23.1 Å². The van der Waals surface area contributed by atoms with Gasteiger partial charge in [-0.05, 0) is 30.4 Å². The number of rotatable bonds is 7. The van der Waals surface area contributed by atoms with E-state index in [-0.39, 0.29) is 11.7 Å². The number of thioether (sulfide) groups is 1. The van der Waals surface area contributed by atoms with Gasteiger partial charge in [-0.2, -0.15) is 0 Å². The maximum Gasteiger partial charge on any atom is 0.251 e. The number of hydrogen-bond acceptors (Lipinski definition) is 5. The van der Waals surface area contributed by atoms with Gasteiger partial charge in [0.15, 0.2) is 0 Å². The van der Waals surface area contributed by atoms with Crippen LogP contribution in [0.2, 0.25) is 0 Å². The molecule has 132 valence electrons. The van der Waals surface area contributed by atoms with Gasteiger partial charge in [0.2, 0.25) is 5.91 Å². The second-order valence-corrected chi connectivity index (χ2v) is 8.05. The summed E-state index contributed by atoms with van der Waals surface area (Å²) >= 11 is 2.81. The highest BCUT2D eigenvalue weighted by atomic mass is 32.2. The van der Waals surface area contributed by atoms with Crippen molar-refractivity contribution in [1.82, 2.24) is 0 Å². The zero-order valence-corrected chi connectivity index (χ0v) is 15.3. The fraction of sp³-hybridized carbons (Fsp3) is 0.333. The summed E-state index contributed by atoms with van der Waals surface area (Å²) in [5, 5.41) is 13.5. The minimum atomic E-state index is -0.606. The first-order valence-corrected chi connectivity index (χ1v) is 10.1. The highest BCUT2D eigenvalue weighted by Crippen LogP contribution is 2.38. The number of benzene rings is 1. The maximum absolute atomic E-state index is 12.2. The Hall–Kier alpha value is -1.83. The van der Waals surface area contributed by atoms with Crippen molar-refractivity contribution in [2.24, 2.45) is 5.73 Å². The van der Waals surface area contributed by atoms with Crippen LogP contribution >= 0.6 is 23.1 Å². The molecule has 0 bridgehead atoms. The van der Waals surface area contributed by atoms with Gasteiger partial charge in [0.1, 0.15) is 5.00 Å². The molecule has 0 saturated heterocycles. The van der Waals surface area contributed by atoms with Gasteiger partial charge < -0.3 is 16.2 Å². The molecule has 5 nitrogen and oxygen atoms in total.